The lowest BCUT2D eigenvalue weighted by Crippen LogP contribution is -2.30. The second-order valence-electron chi connectivity index (χ2n) is 25.9. The van der Waals surface area contributed by atoms with Crippen molar-refractivity contribution in [3.05, 3.63) is 186 Å². The van der Waals surface area contributed by atoms with Gasteiger partial charge in [0.05, 0.1) is 13.7 Å². The van der Waals surface area contributed by atoms with Crippen LogP contribution in [0.3, 0.4) is 0 Å². The molecule has 2 aliphatic heterocycles. The number of nitrogens with zero attached hydrogens (tertiary/aromatic N) is 11. The molecule has 0 radical (unpaired) electrons. The van der Waals surface area contributed by atoms with Gasteiger partial charge in [0.25, 0.3) is 11.8 Å². The zero-order valence-corrected chi connectivity index (χ0v) is 55.9. The van der Waals surface area contributed by atoms with Crippen LogP contribution in [0.2, 0.25) is 0 Å². The number of amides is 4. The van der Waals surface area contributed by atoms with E-state index in [-0.39, 0.29) is 35.7 Å². The summed E-state index contributed by atoms with van der Waals surface area (Å²) in [6, 6.07) is 34.4. The third-order valence-corrected chi connectivity index (χ3v) is 17.9. The number of hydrogen-bond acceptors (Lipinski definition) is 17. The van der Waals surface area contributed by atoms with E-state index in [1.807, 2.05) is 81.2 Å². The van der Waals surface area contributed by atoms with Crippen molar-refractivity contribution in [2.24, 2.45) is 0 Å². The third-order valence-electron chi connectivity index (χ3n) is 17.9. The molecular formula is C74H84N16O7. The topological polar surface area (TPSA) is 255 Å². The number of ether oxygens (including phenoxy) is 3. The number of aromatic amines is 1. The smallest absolute Gasteiger partial charge is 0.256 e. The number of aromatic nitrogens is 8. The zero-order valence-electron chi connectivity index (χ0n) is 55.9. The van der Waals surface area contributed by atoms with Crippen LogP contribution in [0.25, 0.3) is 22.1 Å². The number of H-pyrrole nitrogens is 1. The summed E-state index contributed by atoms with van der Waals surface area (Å²) in [5.74, 6) is 5.54. The zero-order chi connectivity index (χ0) is 67.5. The van der Waals surface area contributed by atoms with Crippen molar-refractivity contribution in [2.45, 2.75) is 109 Å². The Kier molecular flexibility index (Phi) is 20.9. The van der Waals surface area contributed by atoms with Crippen LogP contribution in [0.4, 0.5) is 23.3 Å². The van der Waals surface area contributed by atoms with Crippen molar-refractivity contribution in [2.75, 3.05) is 81.7 Å². The van der Waals surface area contributed by atoms with Crippen LogP contribution in [0.1, 0.15) is 115 Å². The number of pyridine rings is 4. The molecule has 502 valence electrons. The van der Waals surface area contributed by atoms with Gasteiger partial charge in [-0.3, -0.25) is 34.1 Å². The van der Waals surface area contributed by atoms with Crippen LogP contribution in [0, 0.1) is 0 Å². The summed E-state index contributed by atoms with van der Waals surface area (Å²) >= 11 is 0. The molecule has 4 fully saturated rings. The standard InChI is InChI=1S/C41H46N8O4.C33H38N8O3/c1-27(2)30-17-20-42-36(24-30)45-41(51)29-9-15-34(16-10-29)53-35-18-21-43-40-38(35)39(46-49(40)25-28-7-13-33(52-4)14-8-28)44-31-19-23-48(26-31)37(50)6-5-22-47(3)32-11-12-32;1-21(2)23-12-15-34-28(19-23)37-33(43)22-6-10-26(11-7-22)44-27-13-16-35-31-30(27)32(39-38-31)36-24-14-18-41(20-24)29(42)5-4-17-40(3)25-8-9-25/h5-10,13-18,20-21,24,27,31-32H,11-12,19,22-23,25-26H2,1-4H3,(H,44,46)(H,42,45,51);4-7,10-13,15-16,19,21,24-25H,8-9,14,17-18,20H2,1-3H3,(H,34,37,43)(H2,35,36,38,39)/b6-5+;5-4+/t31-;24-/m11/s1. The molecule has 9 aromatic rings. The van der Waals surface area contributed by atoms with Crippen LogP contribution in [0.5, 0.6) is 28.7 Å². The number of likely N-dealkylation sites (N-methyl/N-ethyl adjacent to an activating group) is 2. The number of anilines is 4. The number of methoxy groups -OCH3 is 1. The fraction of sp³-hybridized carbons (Fsp3) is 0.351. The Morgan fingerprint density at radius 3 is 1.55 bits per heavy atom. The molecule has 97 heavy (non-hydrogen) atoms. The molecule has 0 bridgehead atoms. The van der Waals surface area contributed by atoms with Crippen LogP contribution in [-0.4, -0.2) is 168 Å². The van der Waals surface area contributed by atoms with Gasteiger partial charge in [0.1, 0.15) is 51.2 Å². The first kappa shape index (κ1) is 66.5. The Bertz CT molecular complexity index is 4300. The van der Waals surface area contributed by atoms with Crippen molar-refractivity contribution >= 4 is 69.0 Å². The fourth-order valence-corrected chi connectivity index (χ4v) is 11.8. The van der Waals surface area contributed by atoms with Crippen molar-refractivity contribution in [1.82, 2.24) is 59.5 Å². The maximum absolute atomic E-state index is 13.1. The Morgan fingerprint density at radius 2 is 1.05 bits per heavy atom. The lowest BCUT2D eigenvalue weighted by molar-refractivity contribution is -0.125. The van der Waals surface area contributed by atoms with Crippen LogP contribution >= 0.6 is 0 Å². The molecule has 2 aliphatic carbocycles. The minimum absolute atomic E-state index is 0.00408. The fourth-order valence-electron chi connectivity index (χ4n) is 11.8. The van der Waals surface area contributed by atoms with E-state index in [9.17, 15) is 19.2 Å². The van der Waals surface area contributed by atoms with Gasteiger partial charge in [0, 0.05) is 124 Å². The molecule has 23 nitrogen and oxygen atoms in total. The molecule has 6 aromatic heterocycles. The number of benzene rings is 3. The molecule has 23 heteroatoms. The second kappa shape index (κ2) is 30.5. The second-order valence-corrected chi connectivity index (χ2v) is 25.9. The Hall–Kier alpha value is -10.5. The number of fused-ring (bicyclic) bond motifs is 2. The highest BCUT2D eigenvalue weighted by molar-refractivity contribution is 6.04. The molecule has 2 saturated carbocycles. The molecule has 4 aliphatic rings. The minimum atomic E-state index is -0.257. The van der Waals surface area contributed by atoms with Gasteiger partial charge < -0.3 is 45.3 Å². The first-order valence-corrected chi connectivity index (χ1v) is 33.3. The molecule has 4 amide bonds. The summed E-state index contributed by atoms with van der Waals surface area (Å²) in [6.07, 6.45) is 20.7. The normalized spacial score (nSPS) is 16.2. The van der Waals surface area contributed by atoms with Crippen molar-refractivity contribution < 1.29 is 33.4 Å². The molecule has 0 spiro atoms. The van der Waals surface area contributed by atoms with E-state index >= 15 is 0 Å². The highest BCUT2D eigenvalue weighted by Gasteiger charge is 2.31. The quantitative estimate of drug-likeness (QED) is 0.0333. The van der Waals surface area contributed by atoms with Gasteiger partial charge in [0.2, 0.25) is 11.8 Å². The van der Waals surface area contributed by atoms with Crippen LogP contribution in [-0.2, 0) is 16.1 Å². The molecule has 13 rings (SSSR count). The van der Waals surface area contributed by atoms with E-state index in [0.29, 0.717) is 125 Å². The summed E-state index contributed by atoms with van der Waals surface area (Å²) in [5, 5.41) is 26.7. The summed E-state index contributed by atoms with van der Waals surface area (Å²) in [5.41, 5.74) is 5.45. The van der Waals surface area contributed by atoms with Gasteiger partial charge in [-0.05, 0) is 166 Å². The average Bonchev–Trinajstić information content (AvgIpc) is 1.63. The first-order chi connectivity index (χ1) is 47.1. The van der Waals surface area contributed by atoms with Gasteiger partial charge in [0.15, 0.2) is 22.9 Å². The van der Waals surface area contributed by atoms with Gasteiger partial charge in [-0.2, -0.15) is 10.2 Å². The van der Waals surface area contributed by atoms with E-state index in [1.165, 1.54) is 25.7 Å². The highest BCUT2D eigenvalue weighted by atomic mass is 16.5. The van der Waals surface area contributed by atoms with Gasteiger partial charge in [-0.25, -0.2) is 24.6 Å². The van der Waals surface area contributed by atoms with Crippen molar-refractivity contribution in [3.63, 3.8) is 0 Å². The molecule has 3 aromatic carbocycles. The maximum Gasteiger partial charge on any atom is 0.256 e. The number of likely N-dealkylation sites (tertiary alicyclic amines) is 2. The summed E-state index contributed by atoms with van der Waals surface area (Å²) in [6.45, 7) is 12.9. The van der Waals surface area contributed by atoms with Gasteiger partial charge in [-0.15, -0.1) is 0 Å². The Balaban J connectivity index is 0.000000188. The molecule has 0 unspecified atom stereocenters. The van der Waals surface area contributed by atoms with E-state index < -0.39 is 0 Å². The number of hydrogen-bond donors (Lipinski definition) is 5. The number of nitrogens with one attached hydrogen (secondary N) is 5. The predicted molar refractivity (Wildman–Crippen MR) is 376 cm³/mol. The SMILES string of the molecule is CC(C)c1ccnc(NC(=O)c2ccc(Oc3ccnc4[nH]nc(N[C@@H]5CCN(C(=O)/C=C/CN(C)C6CC6)C5)c34)cc2)c1.COc1ccc(Cn2nc(N[C@@H]3CCN(C(=O)/C=C/CN(C)C4CC4)C3)c3c(Oc4ccc(C(=O)Nc5cc(C(C)C)ccn5)cc4)ccnc32)cc1. The molecule has 2 saturated heterocycles. The van der Waals surface area contributed by atoms with E-state index in [4.69, 9.17) is 24.3 Å². The first-order valence-electron chi connectivity index (χ1n) is 33.3. The molecule has 2 atom stereocenters. The third kappa shape index (κ3) is 17.1. The van der Waals surface area contributed by atoms with Crippen molar-refractivity contribution in [3.8, 4) is 28.7 Å². The Labute approximate surface area is 564 Å². The molecule has 5 N–H and O–H groups in total. The summed E-state index contributed by atoms with van der Waals surface area (Å²) in [7, 11) is 5.85. The van der Waals surface area contributed by atoms with Crippen molar-refractivity contribution in [1.29, 1.82) is 0 Å². The number of rotatable bonds is 25. The molecule has 8 heterocycles. The van der Waals surface area contributed by atoms with Gasteiger partial charge >= 0.3 is 0 Å². The largest absolute Gasteiger partial charge is 0.497 e. The predicted octanol–water partition coefficient (Wildman–Crippen LogP) is 11.9. The molecular weight excluding hydrogens is 1220 g/mol. The summed E-state index contributed by atoms with van der Waals surface area (Å²) in [4.78, 5) is 77.7. The highest BCUT2D eigenvalue weighted by Crippen LogP contribution is 2.37. The Morgan fingerprint density at radius 1 is 0.577 bits per heavy atom. The van der Waals surface area contributed by atoms with Crippen LogP contribution in [0.15, 0.2) is 158 Å². The van der Waals surface area contributed by atoms with E-state index in [1.54, 1.807) is 98.6 Å². The summed E-state index contributed by atoms with van der Waals surface area (Å²) < 4.78 is 19.9. The van der Waals surface area contributed by atoms with E-state index in [2.05, 4.69) is 98.0 Å². The van der Waals surface area contributed by atoms with Crippen LogP contribution < -0.4 is 35.5 Å². The lowest BCUT2D eigenvalue weighted by atomic mass is 10.1. The minimum Gasteiger partial charge on any atom is -0.497 e. The number of carbonyl (C=O) groups is 4. The van der Waals surface area contributed by atoms with E-state index in [0.717, 1.165) is 59.1 Å². The lowest BCUT2D eigenvalue weighted by Gasteiger charge is -2.16. The monoisotopic (exact) mass is 1310 g/mol. The maximum atomic E-state index is 13.1. The average molecular weight is 1310 g/mol. The number of carbonyl (C=O) groups excluding carboxylic acids is 4. The van der Waals surface area contributed by atoms with Gasteiger partial charge in [-0.1, -0.05) is 52.0 Å².